The fourth-order valence-corrected chi connectivity index (χ4v) is 3.21. The van der Waals surface area contributed by atoms with E-state index < -0.39 is 23.7 Å². The Morgan fingerprint density at radius 1 is 1.21 bits per heavy atom. The number of esters is 1. The number of benzene rings is 1. The molecule has 6 nitrogen and oxygen atoms in total. The Morgan fingerprint density at radius 3 is 2.39 bits per heavy atom. The zero-order valence-electron chi connectivity index (χ0n) is 17.0. The van der Waals surface area contributed by atoms with E-state index >= 15 is 0 Å². The minimum atomic E-state index is -0.845. The fraction of sp³-hybridized carbons (Fsp3) is 0.381. The Kier molecular flexibility index (Phi) is 6.38. The van der Waals surface area contributed by atoms with Crippen molar-refractivity contribution in [2.24, 2.45) is 7.05 Å². The zero-order chi connectivity index (χ0) is 21.2. The number of rotatable bonds is 6. The first-order valence-corrected chi connectivity index (χ1v) is 9.02. The topological polar surface area (TPSA) is 68.6 Å². The summed E-state index contributed by atoms with van der Waals surface area (Å²) < 4.78 is 20.6. The summed E-state index contributed by atoms with van der Waals surface area (Å²) in [6, 6.07) is 4.79. The molecule has 1 amide bonds. The lowest BCUT2D eigenvalue weighted by Gasteiger charge is -2.24. The molecule has 0 unspecified atom stereocenters. The molecule has 0 saturated carbocycles. The number of Topliss-reactive ketones (excluding diaryl/α,β-unsaturated/α-hetero) is 1. The van der Waals surface area contributed by atoms with Crippen molar-refractivity contribution in [3.8, 4) is 0 Å². The third-order valence-corrected chi connectivity index (χ3v) is 5.03. The van der Waals surface area contributed by atoms with Crippen LogP contribution in [0.15, 0.2) is 24.3 Å². The maximum absolute atomic E-state index is 13.9. The van der Waals surface area contributed by atoms with Gasteiger partial charge in [-0.25, -0.2) is 9.18 Å². The minimum absolute atomic E-state index is 0.0987. The van der Waals surface area contributed by atoms with E-state index in [9.17, 15) is 18.8 Å². The largest absolute Gasteiger partial charge is 0.461 e. The summed E-state index contributed by atoms with van der Waals surface area (Å²) in [6.07, 6.45) is 0. The smallest absolute Gasteiger partial charge is 0.355 e. The highest BCUT2D eigenvalue weighted by Gasteiger charge is 2.31. The van der Waals surface area contributed by atoms with Crippen LogP contribution in [0.2, 0.25) is 0 Å². The number of nitrogens with zero attached hydrogens (tertiary/aromatic N) is 2. The summed E-state index contributed by atoms with van der Waals surface area (Å²) in [5.41, 5.74) is 1.67. The Bertz CT molecular complexity index is 933. The van der Waals surface area contributed by atoms with E-state index in [-0.39, 0.29) is 18.0 Å². The minimum Gasteiger partial charge on any atom is -0.461 e. The number of aromatic nitrogens is 1. The van der Waals surface area contributed by atoms with Crippen molar-refractivity contribution >= 4 is 17.7 Å². The number of likely N-dealkylation sites (N-methyl/N-ethyl adjacent to an activating group) is 1. The van der Waals surface area contributed by atoms with Gasteiger partial charge in [0.25, 0.3) is 5.91 Å². The van der Waals surface area contributed by atoms with Gasteiger partial charge in [-0.3, -0.25) is 9.59 Å². The van der Waals surface area contributed by atoms with Gasteiger partial charge in [-0.1, -0.05) is 12.1 Å². The Labute approximate surface area is 163 Å². The van der Waals surface area contributed by atoms with E-state index in [1.54, 1.807) is 45.4 Å². The fourth-order valence-electron chi connectivity index (χ4n) is 3.21. The first-order valence-electron chi connectivity index (χ1n) is 9.02. The molecule has 1 aromatic heterocycles. The van der Waals surface area contributed by atoms with Gasteiger partial charge in [0, 0.05) is 25.4 Å². The quantitative estimate of drug-likeness (QED) is 0.562. The number of carbonyl (C=O) groups excluding carboxylic acids is 3. The summed E-state index contributed by atoms with van der Waals surface area (Å²) in [6.45, 7) is 6.92. The summed E-state index contributed by atoms with van der Waals surface area (Å²) in [5.74, 6) is -2.06. The van der Waals surface area contributed by atoms with Gasteiger partial charge in [-0.2, -0.15) is 0 Å². The number of hydrogen-bond acceptors (Lipinski definition) is 4. The first kappa shape index (κ1) is 21.3. The number of halogens is 1. The zero-order valence-corrected chi connectivity index (χ0v) is 17.0. The van der Waals surface area contributed by atoms with Crippen molar-refractivity contribution in [3.05, 3.63) is 58.2 Å². The third kappa shape index (κ3) is 3.69. The number of carbonyl (C=O) groups is 3. The molecule has 1 aromatic carbocycles. The highest BCUT2D eigenvalue weighted by Crippen LogP contribution is 2.25. The van der Waals surface area contributed by atoms with Crippen molar-refractivity contribution in [3.63, 3.8) is 0 Å². The van der Waals surface area contributed by atoms with Gasteiger partial charge in [-0.15, -0.1) is 0 Å². The van der Waals surface area contributed by atoms with Crippen molar-refractivity contribution in [1.29, 1.82) is 0 Å². The lowest BCUT2D eigenvalue weighted by molar-refractivity contribution is 0.0514. The van der Waals surface area contributed by atoms with E-state index in [4.69, 9.17) is 4.74 Å². The number of ketones is 1. The van der Waals surface area contributed by atoms with E-state index in [0.717, 1.165) is 0 Å². The number of ether oxygens (including phenoxy) is 1. The van der Waals surface area contributed by atoms with Crippen LogP contribution in [0.25, 0.3) is 0 Å². The van der Waals surface area contributed by atoms with Crippen LogP contribution in [0, 0.1) is 19.7 Å². The molecule has 1 atom stereocenters. The summed E-state index contributed by atoms with van der Waals surface area (Å²) in [5, 5.41) is 0. The molecule has 0 aliphatic carbocycles. The second-order valence-electron chi connectivity index (χ2n) is 6.65. The first-order chi connectivity index (χ1) is 13.1. The molecule has 0 N–H and O–H groups in total. The van der Waals surface area contributed by atoms with E-state index in [2.05, 4.69) is 0 Å². The molecule has 150 valence electrons. The molecule has 0 aliphatic heterocycles. The lowest BCUT2D eigenvalue weighted by atomic mass is 9.99. The van der Waals surface area contributed by atoms with Gasteiger partial charge < -0.3 is 14.2 Å². The van der Waals surface area contributed by atoms with Crippen LogP contribution in [0.5, 0.6) is 0 Å². The molecule has 1 heterocycles. The van der Waals surface area contributed by atoms with Crippen LogP contribution in [0.1, 0.15) is 56.3 Å². The van der Waals surface area contributed by atoms with E-state index in [0.29, 0.717) is 22.5 Å². The molecule has 2 aromatic rings. The predicted molar refractivity (Wildman–Crippen MR) is 103 cm³/mol. The number of hydrogen-bond donors (Lipinski definition) is 0. The van der Waals surface area contributed by atoms with Gasteiger partial charge in [0.15, 0.2) is 5.78 Å². The Hall–Kier alpha value is -2.96. The van der Waals surface area contributed by atoms with Crippen LogP contribution < -0.4 is 0 Å². The third-order valence-electron chi connectivity index (χ3n) is 5.03. The van der Waals surface area contributed by atoms with Gasteiger partial charge in [-0.05, 0) is 45.4 Å². The van der Waals surface area contributed by atoms with Crippen molar-refractivity contribution < 1.29 is 23.5 Å². The Balaban J connectivity index is 2.38. The normalized spacial score (nSPS) is 11.8. The highest BCUT2D eigenvalue weighted by molar-refractivity contribution is 6.07. The highest BCUT2D eigenvalue weighted by atomic mass is 19.1. The average molecular weight is 388 g/mol. The molecule has 0 aliphatic rings. The molecular formula is C21H25FN2O4. The molecule has 2 rings (SSSR count). The van der Waals surface area contributed by atoms with Crippen LogP contribution in [0.4, 0.5) is 4.39 Å². The van der Waals surface area contributed by atoms with Gasteiger partial charge >= 0.3 is 5.97 Å². The average Bonchev–Trinajstić information content (AvgIpc) is 2.88. The summed E-state index contributed by atoms with van der Waals surface area (Å²) in [7, 11) is 3.14. The molecular weight excluding hydrogens is 363 g/mol. The van der Waals surface area contributed by atoms with Crippen molar-refractivity contribution in [2.45, 2.75) is 33.7 Å². The maximum atomic E-state index is 13.9. The molecule has 0 radical (unpaired) electrons. The van der Waals surface area contributed by atoms with Crippen LogP contribution in [-0.4, -0.2) is 46.8 Å². The molecule has 0 spiro atoms. The monoisotopic (exact) mass is 388 g/mol. The number of amides is 1. The van der Waals surface area contributed by atoms with Crippen molar-refractivity contribution in [1.82, 2.24) is 9.47 Å². The summed E-state index contributed by atoms with van der Waals surface area (Å²) in [4.78, 5) is 39.2. The SMILES string of the molecule is CCOC(=O)c1c(C)c(C(=O)[C@@H](C)N(C)C(=O)c2ccccc2F)c(C)n1C. The molecule has 7 heteroatoms. The van der Waals surface area contributed by atoms with Gasteiger partial charge in [0.1, 0.15) is 11.5 Å². The van der Waals surface area contributed by atoms with Crippen LogP contribution >= 0.6 is 0 Å². The van der Waals surface area contributed by atoms with Crippen LogP contribution in [-0.2, 0) is 11.8 Å². The van der Waals surface area contributed by atoms with Crippen molar-refractivity contribution in [2.75, 3.05) is 13.7 Å². The predicted octanol–water partition coefficient (Wildman–Crippen LogP) is 3.30. The second-order valence-corrected chi connectivity index (χ2v) is 6.65. The molecule has 0 bridgehead atoms. The Morgan fingerprint density at radius 2 is 1.82 bits per heavy atom. The molecule has 0 fully saturated rings. The van der Waals surface area contributed by atoms with E-state index in [1.165, 1.54) is 30.1 Å². The molecule has 0 saturated heterocycles. The summed E-state index contributed by atoms with van der Waals surface area (Å²) >= 11 is 0. The standard InChI is InChI=1S/C21H25FN2O4/c1-7-28-21(27)18-12(2)17(13(3)23(18)5)19(25)14(4)24(6)20(26)15-10-8-9-11-16(15)22/h8-11,14H,7H2,1-6H3/t14-/m1/s1. The van der Waals surface area contributed by atoms with E-state index in [1.807, 2.05) is 0 Å². The van der Waals surface area contributed by atoms with Gasteiger partial charge in [0.05, 0.1) is 18.2 Å². The lowest BCUT2D eigenvalue weighted by Crippen LogP contribution is -2.41. The van der Waals surface area contributed by atoms with Crippen LogP contribution in [0.3, 0.4) is 0 Å². The second kappa shape index (κ2) is 8.37. The maximum Gasteiger partial charge on any atom is 0.355 e. The molecule has 28 heavy (non-hydrogen) atoms. The van der Waals surface area contributed by atoms with Gasteiger partial charge in [0.2, 0.25) is 0 Å².